The fourth-order valence-electron chi connectivity index (χ4n) is 2.68. The van der Waals surface area contributed by atoms with Gasteiger partial charge in [-0.15, -0.1) is 0 Å². The summed E-state index contributed by atoms with van der Waals surface area (Å²) in [5, 5.41) is 0. The van der Waals surface area contributed by atoms with Gasteiger partial charge >= 0.3 is 0 Å². The van der Waals surface area contributed by atoms with Crippen molar-refractivity contribution < 1.29 is 4.79 Å². The molecule has 0 bridgehead atoms. The highest BCUT2D eigenvalue weighted by atomic mass is 16.2. The van der Waals surface area contributed by atoms with Crippen LogP contribution in [0.15, 0.2) is 42.7 Å². The van der Waals surface area contributed by atoms with Crippen LogP contribution >= 0.6 is 0 Å². The van der Waals surface area contributed by atoms with E-state index in [0.29, 0.717) is 11.5 Å². The van der Waals surface area contributed by atoms with E-state index in [1.54, 1.807) is 12.4 Å². The van der Waals surface area contributed by atoms with E-state index in [2.05, 4.69) is 29.0 Å². The van der Waals surface area contributed by atoms with Crippen LogP contribution in [0.4, 0.5) is 0 Å². The van der Waals surface area contributed by atoms with Gasteiger partial charge < -0.3 is 4.90 Å². The molecule has 23 heavy (non-hydrogen) atoms. The molecule has 0 saturated heterocycles. The minimum atomic E-state index is 0.0325. The number of amides is 1. The van der Waals surface area contributed by atoms with E-state index in [4.69, 9.17) is 0 Å². The summed E-state index contributed by atoms with van der Waals surface area (Å²) in [6.07, 6.45) is 7.54. The van der Waals surface area contributed by atoms with E-state index in [0.717, 1.165) is 31.8 Å². The third kappa shape index (κ3) is 4.15. The molecule has 0 spiro atoms. The minimum Gasteiger partial charge on any atom is -0.338 e. The average molecular weight is 309 g/mol. The van der Waals surface area contributed by atoms with Gasteiger partial charge in [0.25, 0.3) is 5.91 Å². The quantitative estimate of drug-likeness (QED) is 0.787. The SMILES string of the molecule is CCCN(CCc1ccccc1)C(=O)c1cnc(C2CC2)nc1. The number of nitrogens with zero attached hydrogens (tertiary/aromatic N) is 3. The molecular formula is C19H23N3O. The Morgan fingerprint density at radius 1 is 1.13 bits per heavy atom. The molecule has 0 atom stereocenters. The van der Waals surface area contributed by atoms with Crippen LogP contribution in [-0.2, 0) is 6.42 Å². The maximum absolute atomic E-state index is 12.7. The molecule has 2 aromatic rings. The Hall–Kier alpha value is -2.23. The lowest BCUT2D eigenvalue weighted by atomic mass is 10.1. The molecular weight excluding hydrogens is 286 g/mol. The van der Waals surface area contributed by atoms with Crippen LogP contribution in [0.3, 0.4) is 0 Å². The fourth-order valence-corrected chi connectivity index (χ4v) is 2.68. The van der Waals surface area contributed by atoms with Crippen molar-refractivity contribution in [3.8, 4) is 0 Å². The van der Waals surface area contributed by atoms with Crippen molar-refractivity contribution in [3.63, 3.8) is 0 Å². The van der Waals surface area contributed by atoms with E-state index < -0.39 is 0 Å². The Bertz CT molecular complexity index is 635. The van der Waals surface area contributed by atoms with Gasteiger partial charge in [0.15, 0.2) is 0 Å². The molecule has 1 fully saturated rings. The van der Waals surface area contributed by atoms with Crippen LogP contribution in [-0.4, -0.2) is 33.9 Å². The summed E-state index contributed by atoms with van der Waals surface area (Å²) in [5.74, 6) is 1.43. The van der Waals surface area contributed by atoms with E-state index >= 15 is 0 Å². The van der Waals surface area contributed by atoms with Gasteiger partial charge in [-0.25, -0.2) is 9.97 Å². The molecule has 0 aliphatic heterocycles. The summed E-state index contributed by atoms with van der Waals surface area (Å²) < 4.78 is 0. The molecule has 0 radical (unpaired) electrons. The molecule has 3 rings (SSSR count). The van der Waals surface area contributed by atoms with E-state index in [1.807, 2.05) is 23.1 Å². The predicted octanol–water partition coefficient (Wildman–Crippen LogP) is 3.45. The maximum Gasteiger partial charge on any atom is 0.257 e. The second-order valence-electron chi connectivity index (χ2n) is 6.13. The van der Waals surface area contributed by atoms with E-state index in [1.165, 1.54) is 18.4 Å². The van der Waals surface area contributed by atoms with Crippen LogP contribution in [0.2, 0.25) is 0 Å². The number of benzene rings is 1. The fraction of sp³-hybridized carbons (Fsp3) is 0.421. The lowest BCUT2D eigenvalue weighted by Gasteiger charge is -2.22. The lowest BCUT2D eigenvalue weighted by molar-refractivity contribution is 0.0756. The standard InChI is InChI=1S/C19H23N3O/c1-2-11-22(12-10-15-6-4-3-5-7-15)19(23)17-13-20-18(21-14-17)16-8-9-16/h3-7,13-14,16H,2,8-12H2,1H3. The van der Waals surface area contributed by atoms with Gasteiger partial charge in [-0.3, -0.25) is 4.79 Å². The molecule has 4 nitrogen and oxygen atoms in total. The molecule has 0 unspecified atom stereocenters. The second kappa shape index (κ2) is 7.36. The van der Waals surface area contributed by atoms with Gasteiger partial charge in [0.2, 0.25) is 0 Å². The number of carbonyl (C=O) groups is 1. The molecule has 1 heterocycles. The van der Waals surface area contributed by atoms with Crippen molar-refractivity contribution in [2.75, 3.05) is 13.1 Å². The van der Waals surface area contributed by atoms with Crippen molar-refractivity contribution in [2.24, 2.45) is 0 Å². The average Bonchev–Trinajstić information content (AvgIpc) is 3.44. The Balaban J connectivity index is 1.65. The molecule has 1 aromatic heterocycles. The molecule has 0 N–H and O–H groups in total. The number of hydrogen-bond donors (Lipinski definition) is 0. The molecule has 1 aliphatic rings. The largest absolute Gasteiger partial charge is 0.338 e. The first-order chi connectivity index (χ1) is 11.3. The zero-order valence-corrected chi connectivity index (χ0v) is 13.6. The van der Waals surface area contributed by atoms with Crippen molar-refractivity contribution in [1.82, 2.24) is 14.9 Å². The van der Waals surface area contributed by atoms with Crippen LogP contribution in [0.5, 0.6) is 0 Å². The zero-order valence-electron chi connectivity index (χ0n) is 13.6. The third-order valence-corrected chi connectivity index (χ3v) is 4.16. The maximum atomic E-state index is 12.7. The van der Waals surface area contributed by atoms with Gasteiger partial charge in [-0.1, -0.05) is 37.3 Å². The third-order valence-electron chi connectivity index (χ3n) is 4.16. The van der Waals surface area contributed by atoms with Crippen LogP contribution < -0.4 is 0 Å². The number of rotatable bonds is 7. The highest BCUT2D eigenvalue weighted by Gasteiger charge is 2.26. The topological polar surface area (TPSA) is 46.1 Å². The van der Waals surface area contributed by atoms with E-state index in [-0.39, 0.29) is 5.91 Å². The van der Waals surface area contributed by atoms with E-state index in [9.17, 15) is 4.79 Å². The summed E-state index contributed by atoms with van der Waals surface area (Å²) in [5.41, 5.74) is 1.85. The zero-order chi connectivity index (χ0) is 16.1. The highest BCUT2D eigenvalue weighted by Crippen LogP contribution is 2.37. The Labute approximate surface area is 137 Å². The molecule has 1 aromatic carbocycles. The van der Waals surface area contributed by atoms with Crippen LogP contribution in [0, 0.1) is 0 Å². The lowest BCUT2D eigenvalue weighted by Crippen LogP contribution is -2.33. The monoisotopic (exact) mass is 309 g/mol. The van der Waals surface area contributed by atoms with Crippen LogP contribution in [0.25, 0.3) is 0 Å². The number of hydrogen-bond acceptors (Lipinski definition) is 3. The summed E-state index contributed by atoms with van der Waals surface area (Å²) in [7, 11) is 0. The van der Waals surface area contributed by atoms with Crippen molar-refractivity contribution in [1.29, 1.82) is 0 Å². The Morgan fingerprint density at radius 2 is 1.83 bits per heavy atom. The first-order valence-corrected chi connectivity index (χ1v) is 8.43. The Morgan fingerprint density at radius 3 is 2.43 bits per heavy atom. The molecule has 1 saturated carbocycles. The normalized spacial score (nSPS) is 13.8. The summed E-state index contributed by atoms with van der Waals surface area (Å²) in [4.78, 5) is 23.3. The molecule has 120 valence electrons. The van der Waals surface area contributed by atoms with Crippen molar-refractivity contribution >= 4 is 5.91 Å². The summed E-state index contributed by atoms with van der Waals surface area (Å²) in [6.45, 7) is 3.58. The molecule has 1 amide bonds. The van der Waals surface area contributed by atoms with Crippen molar-refractivity contribution in [2.45, 2.75) is 38.5 Å². The summed E-state index contributed by atoms with van der Waals surface area (Å²) in [6, 6.07) is 10.3. The van der Waals surface area contributed by atoms with Crippen LogP contribution in [0.1, 0.15) is 53.8 Å². The van der Waals surface area contributed by atoms with Gasteiger partial charge in [0, 0.05) is 31.4 Å². The molecule has 1 aliphatic carbocycles. The van der Waals surface area contributed by atoms with Gasteiger partial charge in [-0.2, -0.15) is 0 Å². The second-order valence-corrected chi connectivity index (χ2v) is 6.13. The number of aromatic nitrogens is 2. The van der Waals surface area contributed by atoms with Gasteiger partial charge in [0.1, 0.15) is 5.82 Å². The smallest absolute Gasteiger partial charge is 0.257 e. The minimum absolute atomic E-state index is 0.0325. The van der Waals surface area contributed by atoms with Gasteiger partial charge in [-0.05, 0) is 31.2 Å². The molecule has 4 heteroatoms. The first-order valence-electron chi connectivity index (χ1n) is 8.43. The summed E-state index contributed by atoms with van der Waals surface area (Å²) >= 11 is 0. The number of carbonyl (C=O) groups excluding carboxylic acids is 1. The Kier molecular flexibility index (Phi) is 5.01. The predicted molar refractivity (Wildman–Crippen MR) is 90.3 cm³/mol. The highest BCUT2D eigenvalue weighted by molar-refractivity contribution is 5.93. The first kappa shape index (κ1) is 15.7. The van der Waals surface area contributed by atoms with Crippen molar-refractivity contribution in [3.05, 3.63) is 59.7 Å². The van der Waals surface area contributed by atoms with Gasteiger partial charge in [0.05, 0.1) is 5.56 Å².